The minimum Gasteiger partial charge on any atom is -0.306 e. The monoisotopic (exact) mass is 325 g/mol. The number of aromatic nitrogens is 4. The van der Waals surface area contributed by atoms with Gasteiger partial charge in [-0.1, -0.05) is 0 Å². The molecule has 116 valence electrons. The van der Waals surface area contributed by atoms with E-state index in [0.717, 1.165) is 42.0 Å². The Morgan fingerprint density at radius 2 is 2.17 bits per heavy atom. The molecule has 0 aliphatic carbocycles. The van der Waals surface area contributed by atoms with Gasteiger partial charge in [-0.3, -0.25) is 14.7 Å². The van der Waals surface area contributed by atoms with Crippen molar-refractivity contribution in [2.24, 2.45) is 0 Å². The van der Waals surface area contributed by atoms with E-state index in [2.05, 4.69) is 24.8 Å². The van der Waals surface area contributed by atoms with Crippen LogP contribution >= 0.6 is 11.3 Å². The zero-order valence-corrected chi connectivity index (χ0v) is 13.2. The topological polar surface area (TPSA) is 74.8 Å². The third kappa shape index (κ3) is 2.93. The largest absolute Gasteiger partial charge is 0.306 e. The molecule has 4 rings (SSSR count). The molecule has 0 unspecified atom stereocenters. The molecule has 0 spiro atoms. The predicted octanol–water partition coefficient (Wildman–Crippen LogP) is 1.85. The molecule has 6 nitrogen and oxygen atoms in total. The van der Waals surface area contributed by atoms with Crippen LogP contribution in [0.5, 0.6) is 0 Å². The maximum Gasteiger partial charge on any atom is 0.255 e. The number of thiazole rings is 1. The molecule has 4 heterocycles. The lowest BCUT2D eigenvalue weighted by Crippen LogP contribution is -2.35. The standard InChI is InChI=1S/C16H15N5OS/c22-16-13-8-21(7-12-9-23-10-18-12)6-3-14(13)19-15(20-16)11-1-4-17-5-2-11/h1-2,4-5,9-10H,3,6-8H2,(H,19,20,22). The first-order valence-corrected chi connectivity index (χ1v) is 8.36. The summed E-state index contributed by atoms with van der Waals surface area (Å²) in [6.45, 7) is 2.27. The van der Waals surface area contributed by atoms with Gasteiger partial charge in [-0.05, 0) is 12.1 Å². The van der Waals surface area contributed by atoms with Gasteiger partial charge in [0.05, 0.1) is 22.5 Å². The molecule has 23 heavy (non-hydrogen) atoms. The van der Waals surface area contributed by atoms with Crippen molar-refractivity contribution in [3.05, 3.63) is 62.7 Å². The van der Waals surface area contributed by atoms with Gasteiger partial charge in [0, 0.05) is 49.4 Å². The van der Waals surface area contributed by atoms with Gasteiger partial charge in [-0.25, -0.2) is 9.97 Å². The predicted molar refractivity (Wildman–Crippen MR) is 88.0 cm³/mol. The van der Waals surface area contributed by atoms with Crippen LogP contribution in [-0.2, 0) is 19.5 Å². The van der Waals surface area contributed by atoms with Gasteiger partial charge in [-0.15, -0.1) is 11.3 Å². The quantitative estimate of drug-likeness (QED) is 0.795. The Kier molecular flexibility index (Phi) is 3.72. The van der Waals surface area contributed by atoms with E-state index < -0.39 is 0 Å². The summed E-state index contributed by atoms with van der Waals surface area (Å²) in [6, 6.07) is 3.70. The van der Waals surface area contributed by atoms with E-state index in [9.17, 15) is 4.79 Å². The molecule has 0 saturated carbocycles. The van der Waals surface area contributed by atoms with E-state index in [4.69, 9.17) is 0 Å². The van der Waals surface area contributed by atoms with Crippen molar-refractivity contribution in [3.63, 3.8) is 0 Å². The van der Waals surface area contributed by atoms with Crippen LogP contribution in [0, 0.1) is 0 Å². The molecule has 3 aromatic rings. The van der Waals surface area contributed by atoms with E-state index >= 15 is 0 Å². The fraction of sp³-hybridized carbons (Fsp3) is 0.250. The van der Waals surface area contributed by atoms with E-state index in [1.165, 1.54) is 0 Å². The second kappa shape index (κ2) is 6.02. The lowest BCUT2D eigenvalue weighted by Gasteiger charge is -2.27. The van der Waals surface area contributed by atoms with Crippen LogP contribution in [0.25, 0.3) is 11.4 Å². The van der Waals surface area contributed by atoms with Gasteiger partial charge in [0.25, 0.3) is 5.56 Å². The summed E-state index contributed by atoms with van der Waals surface area (Å²) in [7, 11) is 0. The number of hydrogen-bond donors (Lipinski definition) is 1. The number of fused-ring (bicyclic) bond motifs is 1. The minimum atomic E-state index is -0.0511. The fourth-order valence-electron chi connectivity index (χ4n) is 2.81. The van der Waals surface area contributed by atoms with Crippen molar-refractivity contribution < 1.29 is 0 Å². The molecular formula is C16H15N5OS. The Balaban J connectivity index is 1.62. The molecule has 1 N–H and O–H groups in total. The number of nitrogens with zero attached hydrogens (tertiary/aromatic N) is 4. The maximum absolute atomic E-state index is 12.5. The molecule has 0 aromatic carbocycles. The Bertz CT molecular complexity index is 860. The summed E-state index contributed by atoms with van der Waals surface area (Å²) in [6.07, 6.45) is 4.18. The molecular weight excluding hydrogens is 310 g/mol. The summed E-state index contributed by atoms with van der Waals surface area (Å²) < 4.78 is 0. The van der Waals surface area contributed by atoms with Gasteiger partial charge >= 0.3 is 0 Å². The summed E-state index contributed by atoms with van der Waals surface area (Å²) in [5.74, 6) is 0.615. The lowest BCUT2D eigenvalue weighted by atomic mass is 10.1. The molecule has 1 aliphatic rings. The number of aromatic amines is 1. The fourth-order valence-corrected chi connectivity index (χ4v) is 3.36. The third-order valence-corrected chi connectivity index (χ3v) is 4.61. The summed E-state index contributed by atoms with van der Waals surface area (Å²) in [5, 5.41) is 2.05. The number of pyridine rings is 1. The second-order valence-corrected chi connectivity index (χ2v) is 6.23. The maximum atomic E-state index is 12.5. The van der Waals surface area contributed by atoms with Crippen LogP contribution in [0.1, 0.15) is 17.0 Å². The van der Waals surface area contributed by atoms with Gasteiger partial charge in [0.15, 0.2) is 0 Å². The molecule has 0 atom stereocenters. The van der Waals surface area contributed by atoms with Crippen molar-refractivity contribution in [1.29, 1.82) is 0 Å². The first kappa shape index (κ1) is 14.2. The number of nitrogens with one attached hydrogen (secondary N) is 1. The Labute approximate surface area is 136 Å². The Morgan fingerprint density at radius 1 is 1.30 bits per heavy atom. The highest BCUT2D eigenvalue weighted by atomic mass is 32.1. The van der Waals surface area contributed by atoms with Crippen molar-refractivity contribution in [2.75, 3.05) is 6.54 Å². The zero-order chi connectivity index (χ0) is 15.6. The first-order chi connectivity index (χ1) is 11.3. The number of rotatable bonds is 3. The number of H-pyrrole nitrogens is 1. The summed E-state index contributed by atoms with van der Waals surface area (Å²) in [5.41, 5.74) is 5.38. The highest BCUT2D eigenvalue weighted by Crippen LogP contribution is 2.19. The minimum absolute atomic E-state index is 0.0511. The third-order valence-electron chi connectivity index (χ3n) is 3.97. The Hall–Kier alpha value is -2.38. The van der Waals surface area contributed by atoms with Gasteiger partial charge in [0.2, 0.25) is 0 Å². The van der Waals surface area contributed by atoms with E-state index in [0.29, 0.717) is 12.4 Å². The molecule has 0 amide bonds. The van der Waals surface area contributed by atoms with Crippen LogP contribution in [0.2, 0.25) is 0 Å². The smallest absolute Gasteiger partial charge is 0.255 e. The van der Waals surface area contributed by atoms with E-state index in [1.807, 2.05) is 23.0 Å². The first-order valence-electron chi connectivity index (χ1n) is 7.41. The zero-order valence-electron chi connectivity index (χ0n) is 12.4. The molecule has 0 fully saturated rings. The average Bonchev–Trinajstić information content (AvgIpc) is 3.09. The highest BCUT2D eigenvalue weighted by Gasteiger charge is 2.21. The van der Waals surface area contributed by atoms with Crippen LogP contribution < -0.4 is 5.56 Å². The van der Waals surface area contributed by atoms with Crippen LogP contribution in [0.4, 0.5) is 0 Å². The number of hydrogen-bond acceptors (Lipinski definition) is 6. The average molecular weight is 325 g/mol. The van der Waals surface area contributed by atoms with Crippen LogP contribution in [-0.4, -0.2) is 31.4 Å². The molecule has 0 radical (unpaired) electrons. The van der Waals surface area contributed by atoms with Crippen LogP contribution in [0.15, 0.2) is 40.2 Å². The molecule has 1 aliphatic heterocycles. The second-order valence-electron chi connectivity index (χ2n) is 5.52. The van der Waals surface area contributed by atoms with Crippen molar-refractivity contribution in [1.82, 2.24) is 24.8 Å². The molecule has 7 heteroatoms. The lowest BCUT2D eigenvalue weighted by molar-refractivity contribution is 0.239. The molecule has 0 saturated heterocycles. The van der Waals surface area contributed by atoms with Crippen molar-refractivity contribution in [3.8, 4) is 11.4 Å². The van der Waals surface area contributed by atoms with Crippen molar-refractivity contribution in [2.45, 2.75) is 19.5 Å². The van der Waals surface area contributed by atoms with E-state index in [-0.39, 0.29) is 5.56 Å². The van der Waals surface area contributed by atoms with Gasteiger partial charge in [0.1, 0.15) is 5.82 Å². The normalized spacial score (nSPS) is 14.6. The van der Waals surface area contributed by atoms with E-state index in [1.54, 1.807) is 23.7 Å². The van der Waals surface area contributed by atoms with Gasteiger partial charge < -0.3 is 4.98 Å². The van der Waals surface area contributed by atoms with Gasteiger partial charge in [-0.2, -0.15) is 0 Å². The summed E-state index contributed by atoms with van der Waals surface area (Å²) in [4.78, 5) is 30.5. The Morgan fingerprint density at radius 3 is 2.96 bits per heavy atom. The SMILES string of the molecule is O=c1[nH]c(-c2ccncc2)nc2c1CN(Cc1cscn1)CC2. The highest BCUT2D eigenvalue weighted by molar-refractivity contribution is 7.07. The summed E-state index contributed by atoms with van der Waals surface area (Å²) >= 11 is 1.59. The molecule has 0 bridgehead atoms. The van der Waals surface area contributed by atoms with Crippen molar-refractivity contribution >= 4 is 11.3 Å². The molecule has 3 aromatic heterocycles. The van der Waals surface area contributed by atoms with Crippen LogP contribution in [0.3, 0.4) is 0 Å².